The minimum atomic E-state index is -0.0822. The fourth-order valence-electron chi connectivity index (χ4n) is 3.33. The summed E-state index contributed by atoms with van der Waals surface area (Å²) < 4.78 is 0. The molecule has 7 heteroatoms. The van der Waals surface area contributed by atoms with Crippen LogP contribution in [0.4, 0.5) is 23.1 Å². The molecule has 2 aliphatic rings. The summed E-state index contributed by atoms with van der Waals surface area (Å²) in [5, 5.41) is 5.97. The van der Waals surface area contributed by atoms with Crippen molar-refractivity contribution in [2.75, 3.05) is 41.9 Å². The second kappa shape index (κ2) is 6.58. The molecule has 1 aromatic carbocycles. The molecule has 0 saturated carbocycles. The maximum absolute atomic E-state index is 11.7. The first-order chi connectivity index (χ1) is 12.3. The van der Waals surface area contributed by atoms with Crippen molar-refractivity contribution in [2.24, 2.45) is 0 Å². The molecule has 2 aromatic rings. The number of hydrogen-bond acceptors (Lipinski definition) is 6. The van der Waals surface area contributed by atoms with Crippen LogP contribution >= 0.6 is 0 Å². The van der Waals surface area contributed by atoms with Crippen molar-refractivity contribution in [1.82, 2.24) is 15.3 Å². The molecule has 130 valence electrons. The predicted octanol–water partition coefficient (Wildman–Crippen LogP) is 2.35. The van der Waals surface area contributed by atoms with Gasteiger partial charge in [-0.05, 0) is 43.5 Å². The number of nitrogens with one attached hydrogen (secondary N) is 2. The normalized spacial score (nSPS) is 16.4. The van der Waals surface area contributed by atoms with Crippen molar-refractivity contribution in [3.63, 3.8) is 0 Å². The predicted molar refractivity (Wildman–Crippen MR) is 98.6 cm³/mol. The standard InChI is InChI=1S/C18H22N6O/c1-19-17(25)13-5-7-14(8-6-13)24-12-21-15-11-20-18(22-16(15)24)23-9-3-2-4-10-23/h5-8,11,21H,2-4,9-10,12H2,1H3,(H,19,25). The van der Waals surface area contributed by atoms with E-state index in [1.54, 1.807) is 7.05 Å². The largest absolute Gasteiger partial charge is 0.363 e. The lowest BCUT2D eigenvalue weighted by Gasteiger charge is -2.27. The van der Waals surface area contributed by atoms with E-state index in [4.69, 9.17) is 4.98 Å². The van der Waals surface area contributed by atoms with E-state index >= 15 is 0 Å². The zero-order chi connectivity index (χ0) is 17.2. The van der Waals surface area contributed by atoms with Gasteiger partial charge in [-0.2, -0.15) is 4.98 Å². The van der Waals surface area contributed by atoms with Crippen LogP contribution in [0.1, 0.15) is 29.6 Å². The Morgan fingerprint density at radius 2 is 1.92 bits per heavy atom. The first-order valence-electron chi connectivity index (χ1n) is 8.72. The number of carbonyl (C=O) groups is 1. The molecule has 3 heterocycles. The van der Waals surface area contributed by atoms with Gasteiger partial charge >= 0.3 is 0 Å². The molecule has 1 amide bonds. The van der Waals surface area contributed by atoms with Crippen LogP contribution in [0.15, 0.2) is 30.5 Å². The summed E-state index contributed by atoms with van der Waals surface area (Å²) in [4.78, 5) is 25.4. The zero-order valence-corrected chi connectivity index (χ0v) is 14.3. The van der Waals surface area contributed by atoms with Crippen LogP contribution in [-0.2, 0) is 0 Å². The van der Waals surface area contributed by atoms with Crippen molar-refractivity contribution in [1.29, 1.82) is 0 Å². The maximum Gasteiger partial charge on any atom is 0.251 e. The van der Waals surface area contributed by atoms with E-state index in [0.29, 0.717) is 12.2 Å². The Morgan fingerprint density at radius 1 is 1.16 bits per heavy atom. The SMILES string of the molecule is CNC(=O)c1ccc(N2CNc3cnc(N4CCCCC4)nc32)cc1. The molecule has 0 unspecified atom stereocenters. The lowest BCUT2D eigenvalue weighted by Crippen LogP contribution is -2.31. The minimum Gasteiger partial charge on any atom is -0.363 e. The van der Waals surface area contributed by atoms with Gasteiger partial charge < -0.3 is 20.4 Å². The van der Waals surface area contributed by atoms with Crippen molar-refractivity contribution in [2.45, 2.75) is 19.3 Å². The highest BCUT2D eigenvalue weighted by molar-refractivity contribution is 5.94. The molecule has 7 nitrogen and oxygen atoms in total. The average molecular weight is 338 g/mol. The highest BCUT2D eigenvalue weighted by Gasteiger charge is 2.24. The molecule has 25 heavy (non-hydrogen) atoms. The van der Waals surface area contributed by atoms with Crippen molar-refractivity contribution in [3.05, 3.63) is 36.0 Å². The number of anilines is 4. The van der Waals surface area contributed by atoms with Gasteiger partial charge in [-0.25, -0.2) is 4.98 Å². The van der Waals surface area contributed by atoms with Gasteiger partial charge in [0.05, 0.1) is 18.6 Å². The number of fused-ring (bicyclic) bond motifs is 1. The number of hydrogen-bond donors (Lipinski definition) is 2. The third-order valence-corrected chi connectivity index (χ3v) is 4.75. The fourth-order valence-corrected chi connectivity index (χ4v) is 3.33. The third kappa shape index (κ3) is 2.97. The van der Waals surface area contributed by atoms with Gasteiger partial charge in [0.2, 0.25) is 5.95 Å². The Bertz CT molecular complexity index is 770. The Labute approximate surface area is 147 Å². The first-order valence-corrected chi connectivity index (χ1v) is 8.72. The van der Waals surface area contributed by atoms with Crippen LogP contribution in [0.25, 0.3) is 0 Å². The average Bonchev–Trinajstić information content (AvgIpc) is 3.11. The zero-order valence-electron chi connectivity index (χ0n) is 14.3. The Balaban J connectivity index is 1.61. The number of carbonyl (C=O) groups excluding carboxylic acids is 1. The number of amides is 1. The summed E-state index contributed by atoms with van der Waals surface area (Å²) in [7, 11) is 1.63. The lowest BCUT2D eigenvalue weighted by molar-refractivity contribution is 0.0963. The van der Waals surface area contributed by atoms with Gasteiger partial charge in [-0.3, -0.25) is 4.79 Å². The molecule has 1 aromatic heterocycles. The van der Waals surface area contributed by atoms with Gasteiger partial charge in [-0.1, -0.05) is 0 Å². The van der Waals surface area contributed by atoms with E-state index in [2.05, 4.69) is 25.4 Å². The molecular weight excluding hydrogens is 316 g/mol. The molecule has 0 bridgehead atoms. The number of nitrogens with zero attached hydrogens (tertiary/aromatic N) is 4. The number of benzene rings is 1. The van der Waals surface area contributed by atoms with Crippen LogP contribution in [0.2, 0.25) is 0 Å². The lowest BCUT2D eigenvalue weighted by atomic mass is 10.1. The summed E-state index contributed by atoms with van der Waals surface area (Å²) in [6.07, 6.45) is 5.55. The monoisotopic (exact) mass is 338 g/mol. The van der Waals surface area contributed by atoms with Crippen LogP contribution in [-0.4, -0.2) is 42.7 Å². The van der Waals surface area contributed by atoms with Gasteiger partial charge in [0.15, 0.2) is 5.82 Å². The molecule has 0 aliphatic carbocycles. The van der Waals surface area contributed by atoms with Crippen LogP contribution in [0.5, 0.6) is 0 Å². The van der Waals surface area contributed by atoms with Crippen LogP contribution in [0.3, 0.4) is 0 Å². The molecule has 1 saturated heterocycles. The van der Waals surface area contributed by atoms with E-state index in [9.17, 15) is 4.79 Å². The highest BCUT2D eigenvalue weighted by atomic mass is 16.1. The highest BCUT2D eigenvalue weighted by Crippen LogP contribution is 2.35. The topological polar surface area (TPSA) is 73.4 Å². The quantitative estimate of drug-likeness (QED) is 0.895. The van der Waals surface area contributed by atoms with E-state index in [1.807, 2.05) is 30.5 Å². The number of rotatable bonds is 3. The van der Waals surface area contributed by atoms with E-state index in [-0.39, 0.29) is 5.91 Å². The van der Waals surface area contributed by atoms with Crippen LogP contribution < -0.4 is 20.4 Å². The van der Waals surface area contributed by atoms with Crippen LogP contribution in [0, 0.1) is 0 Å². The van der Waals surface area contributed by atoms with Gasteiger partial charge in [0.1, 0.15) is 0 Å². The molecule has 1 fully saturated rings. The second-order valence-corrected chi connectivity index (χ2v) is 6.34. The smallest absolute Gasteiger partial charge is 0.251 e. The van der Waals surface area contributed by atoms with Crippen molar-refractivity contribution >= 4 is 29.0 Å². The third-order valence-electron chi connectivity index (χ3n) is 4.75. The summed E-state index contributed by atoms with van der Waals surface area (Å²) in [5.74, 6) is 1.61. The first kappa shape index (κ1) is 15.7. The Hall–Kier alpha value is -2.83. The Morgan fingerprint density at radius 3 is 2.64 bits per heavy atom. The summed E-state index contributed by atoms with van der Waals surface area (Å²) >= 11 is 0. The van der Waals surface area contributed by atoms with Gasteiger partial charge in [0.25, 0.3) is 5.91 Å². The number of piperidine rings is 1. The van der Waals surface area contributed by atoms with E-state index < -0.39 is 0 Å². The van der Waals surface area contributed by atoms with E-state index in [0.717, 1.165) is 36.2 Å². The number of aromatic nitrogens is 2. The molecule has 0 atom stereocenters. The molecule has 4 rings (SSSR count). The summed E-state index contributed by atoms with van der Waals surface area (Å²) in [5.41, 5.74) is 2.59. The minimum absolute atomic E-state index is 0.0822. The van der Waals surface area contributed by atoms with Gasteiger partial charge in [0, 0.05) is 31.4 Å². The molecule has 0 radical (unpaired) electrons. The summed E-state index contributed by atoms with van der Waals surface area (Å²) in [6, 6.07) is 7.56. The van der Waals surface area contributed by atoms with E-state index in [1.165, 1.54) is 19.3 Å². The Kier molecular flexibility index (Phi) is 4.13. The van der Waals surface area contributed by atoms with Crippen molar-refractivity contribution in [3.8, 4) is 0 Å². The fraction of sp³-hybridized carbons (Fsp3) is 0.389. The molecule has 2 aliphatic heterocycles. The summed E-state index contributed by atoms with van der Waals surface area (Å²) in [6.45, 7) is 2.69. The van der Waals surface area contributed by atoms with Crippen molar-refractivity contribution < 1.29 is 4.79 Å². The maximum atomic E-state index is 11.7. The van der Waals surface area contributed by atoms with Gasteiger partial charge in [-0.15, -0.1) is 0 Å². The molecule has 0 spiro atoms. The molecule has 2 N–H and O–H groups in total. The molecular formula is C18H22N6O. The second-order valence-electron chi connectivity index (χ2n) is 6.34.